The molecule has 1 heterocycles. The van der Waals surface area contributed by atoms with Crippen LogP contribution in [0, 0.1) is 11.6 Å². The number of hydrogen-bond acceptors (Lipinski definition) is 1. The Labute approximate surface area is 86.1 Å². The van der Waals surface area contributed by atoms with Gasteiger partial charge < -0.3 is 5.32 Å². The van der Waals surface area contributed by atoms with E-state index in [0.717, 1.165) is 19.0 Å². The third-order valence-corrected chi connectivity index (χ3v) is 2.80. The second-order valence-electron chi connectivity index (χ2n) is 3.48. The van der Waals surface area contributed by atoms with Crippen molar-refractivity contribution in [1.29, 1.82) is 0 Å². The van der Waals surface area contributed by atoms with Crippen LogP contribution in [0.1, 0.15) is 17.9 Å². The van der Waals surface area contributed by atoms with Gasteiger partial charge in [0.05, 0.1) is 5.02 Å². The van der Waals surface area contributed by atoms with Gasteiger partial charge in [0.2, 0.25) is 0 Å². The average Bonchev–Trinajstić information content (AvgIpc) is 2.63. The lowest BCUT2D eigenvalue weighted by atomic mass is 9.98. The first-order chi connectivity index (χ1) is 6.68. The second-order valence-corrected chi connectivity index (χ2v) is 3.89. The van der Waals surface area contributed by atoms with Crippen molar-refractivity contribution >= 4 is 11.6 Å². The predicted octanol–water partition coefficient (Wildman–Crippen LogP) is 2.70. The fourth-order valence-corrected chi connectivity index (χ4v) is 2.01. The van der Waals surface area contributed by atoms with Gasteiger partial charge in [0.1, 0.15) is 11.6 Å². The van der Waals surface area contributed by atoms with Gasteiger partial charge in [-0.3, -0.25) is 0 Å². The van der Waals surface area contributed by atoms with Gasteiger partial charge in [-0.15, -0.1) is 0 Å². The summed E-state index contributed by atoms with van der Waals surface area (Å²) in [5, 5.41) is 2.97. The molecule has 0 aromatic heterocycles. The van der Waals surface area contributed by atoms with Crippen LogP contribution in [0.3, 0.4) is 0 Å². The Morgan fingerprint density at radius 2 is 2.14 bits per heavy atom. The molecule has 1 aliphatic rings. The Morgan fingerprint density at radius 1 is 1.36 bits per heavy atom. The Hall–Kier alpha value is -0.670. The highest BCUT2D eigenvalue weighted by Crippen LogP contribution is 2.29. The van der Waals surface area contributed by atoms with Gasteiger partial charge in [0.25, 0.3) is 0 Å². The van der Waals surface area contributed by atoms with Crippen molar-refractivity contribution in [2.75, 3.05) is 13.1 Å². The molecule has 0 aliphatic carbocycles. The summed E-state index contributed by atoms with van der Waals surface area (Å²) in [5.74, 6) is -0.914. The van der Waals surface area contributed by atoms with Gasteiger partial charge in [-0.25, -0.2) is 8.78 Å². The maximum atomic E-state index is 13.5. The molecule has 1 aromatic rings. The van der Waals surface area contributed by atoms with Crippen LogP contribution in [-0.4, -0.2) is 13.1 Å². The average molecular weight is 218 g/mol. The van der Waals surface area contributed by atoms with Crippen LogP contribution in [0.25, 0.3) is 0 Å². The summed E-state index contributed by atoms with van der Waals surface area (Å²) in [5.41, 5.74) is 0.389. The summed E-state index contributed by atoms with van der Waals surface area (Å²) in [6, 6.07) is 2.24. The van der Waals surface area contributed by atoms with E-state index in [-0.39, 0.29) is 10.9 Å². The van der Waals surface area contributed by atoms with Gasteiger partial charge in [0, 0.05) is 12.5 Å². The van der Waals surface area contributed by atoms with Crippen LogP contribution in [0.4, 0.5) is 8.78 Å². The zero-order valence-corrected chi connectivity index (χ0v) is 8.24. The molecule has 2 rings (SSSR count). The topological polar surface area (TPSA) is 12.0 Å². The molecule has 1 atom stereocenters. The highest BCUT2D eigenvalue weighted by molar-refractivity contribution is 6.30. The molecule has 1 unspecified atom stereocenters. The molecule has 0 bridgehead atoms. The molecule has 4 heteroatoms. The maximum absolute atomic E-state index is 13.5. The molecule has 1 aromatic carbocycles. The lowest BCUT2D eigenvalue weighted by molar-refractivity contribution is 0.568. The normalized spacial score (nSPS) is 21.5. The van der Waals surface area contributed by atoms with Crippen molar-refractivity contribution in [3.8, 4) is 0 Å². The van der Waals surface area contributed by atoms with Crippen molar-refractivity contribution < 1.29 is 8.78 Å². The number of halogens is 3. The number of benzene rings is 1. The SMILES string of the molecule is Fc1cc(Cl)c(F)c(C2CCNC2)c1. The third-order valence-electron chi connectivity index (χ3n) is 2.52. The Morgan fingerprint density at radius 3 is 2.79 bits per heavy atom. The lowest BCUT2D eigenvalue weighted by Crippen LogP contribution is -2.09. The first-order valence-corrected chi connectivity index (χ1v) is 4.91. The zero-order chi connectivity index (χ0) is 10.1. The van der Waals surface area contributed by atoms with E-state index in [1.165, 1.54) is 6.07 Å². The summed E-state index contributed by atoms with van der Waals surface area (Å²) >= 11 is 5.56. The van der Waals surface area contributed by atoms with Gasteiger partial charge in [-0.05, 0) is 30.7 Å². The summed E-state index contributed by atoms with van der Waals surface area (Å²) < 4.78 is 26.5. The Bertz CT molecular complexity index is 348. The predicted molar refractivity (Wildman–Crippen MR) is 51.6 cm³/mol. The molecule has 0 saturated carbocycles. The van der Waals surface area contributed by atoms with E-state index in [1.54, 1.807) is 0 Å². The van der Waals surface area contributed by atoms with E-state index in [4.69, 9.17) is 11.6 Å². The number of rotatable bonds is 1. The molecule has 14 heavy (non-hydrogen) atoms. The van der Waals surface area contributed by atoms with Gasteiger partial charge in [-0.2, -0.15) is 0 Å². The van der Waals surface area contributed by atoms with E-state index < -0.39 is 11.6 Å². The van der Waals surface area contributed by atoms with Gasteiger partial charge >= 0.3 is 0 Å². The fraction of sp³-hybridized carbons (Fsp3) is 0.400. The molecular formula is C10H10ClF2N. The number of hydrogen-bond donors (Lipinski definition) is 1. The molecule has 1 nitrogen and oxygen atoms in total. The van der Waals surface area contributed by atoms with Gasteiger partial charge in [-0.1, -0.05) is 11.6 Å². The van der Waals surface area contributed by atoms with Crippen molar-refractivity contribution in [2.45, 2.75) is 12.3 Å². The summed E-state index contributed by atoms with van der Waals surface area (Å²) in [6.07, 6.45) is 0.830. The molecule has 0 spiro atoms. The van der Waals surface area contributed by atoms with E-state index in [1.807, 2.05) is 0 Å². The summed E-state index contributed by atoms with van der Waals surface area (Å²) in [6.45, 7) is 1.54. The minimum absolute atomic E-state index is 0.0446. The van der Waals surface area contributed by atoms with Crippen LogP contribution in [-0.2, 0) is 0 Å². The largest absolute Gasteiger partial charge is 0.316 e. The van der Waals surface area contributed by atoms with Crippen molar-refractivity contribution in [3.05, 3.63) is 34.4 Å². The van der Waals surface area contributed by atoms with Crippen molar-refractivity contribution in [2.24, 2.45) is 0 Å². The molecule has 76 valence electrons. The molecule has 1 N–H and O–H groups in total. The molecule has 0 amide bonds. The third kappa shape index (κ3) is 1.74. The Balaban J connectivity index is 2.40. The van der Waals surface area contributed by atoms with Crippen molar-refractivity contribution in [1.82, 2.24) is 5.32 Å². The molecule has 1 aliphatic heterocycles. The maximum Gasteiger partial charge on any atom is 0.145 e. The fourth-order valence-electron chi connectivity index (χ4n) is 1.79. The molecular weight excluding hydrogens is 208 g/mol. The smallest absolute Gasteiger partial charge is 0.145 e. The van der Waals surface area contributed by atoms with Crippen LogP contribution in [0.15, 0.2) is 12.1 Å². The first-order valence-electron chi connectivity index (χ1n) is 4.53. The minimum atomic E-state index is -0.484. The van der Waals surface area contributed by atoms with Crippen LogP contribution in [0.2, 0.25) is 5.02 Å². The lowest BCUT2D eigenvalue weighted by Gasteiger charge is -2.10. The molecule has 0 radical (unpaired) electrons. The quantitative estimate of drug-likeness (QED) is 0.714. The molecule has 1 saturated heterocycles. The van der Waals surface area contributed by atoms with Crippen LogP contribution < -0.4 is 5.32 Å². The van der Waals surface area contributed by atoms with E-state index in [9.17, 15) is 8.78 Å². The number of nitrogens with one attached hydrogen (secondary N) is 1. The highest BCUT2D eigenvalue weighted by Gasteiger charge is 2.22. The standard InChI is InChI=1S/C10H10ClF2N/c11-9-4-7(12)3-8(10(9)13)6-1-2-14-5-6/h3-4,6,14H,1-2,5H2. The first kappa shape index (κ1) is 9.87. The van der Waals surface area contributed by atoms with E-state index in [2.05, 4.69) is 5.32 Å². The Kier molecular flexibility index (Phi) is 2.70. The minimum Gasteiger partial charge on any atom is -0.316 e. The molecule has 1 fully saturated rings. The van der Waals surface area contributed by atoms with Gasteiger partial charge in [0.15, 0.2) is 0 Å². The second kappa shape index (κ2) is 3.83. The monoisotopic (exact) mass is 217 g/mol. The zero-order valence-electron chi connectivity index (χ0n) is 7.49. The van der Waals surface area contributed by atoms with Crippen LogP contribution >= 0.6 is 11.6 Å². The van der Waals surface area contributed by atoms with Crippen molar-refractivity contribution in [3.63, 3.8) is 0 Å². The summed E-state index contributed by atoms with van der Waals surface area (Å²) in [7, 11) is 0. The van der Waals surface area contributed by atoms with E-state index >= 15 is 0 Å². The highest BCUT2D eigenvalue weighted by atomic mass is 35.5. The summed E-state index contributed by atoms with van der Waals surface area (Å²) in [4.78, 5) is 0. The van der Waals surface area contributed by atoms with E-state index in [0.29, 0.717) is 12.1 Å². The van der Waals surface area contributed by atoms with Crippen LogP contribution in [0.5, 0.6) is 0 Å².